The maximum Gasteiger partial charge on any atom is 0.338 e. The molecule has 0 atom stereocenters. The molecule has 1 aromatic heterocycles. The van der Waals surface area contributed by atoms with Gasteiger partial charge >= 0.3 is 5.97 Å². The second-order valence-corrected chi connectivity index (χ2v) is 8.25. The number of pyridine rings is 1. The summed E-state index contributed by atoms with van der Waals surface area (Å²) < 4.78 is 19.4. The molecule has 1 aliphatic rings. The van der Waals surface area contributed by atoms with Crippen molar-refractivity contribution in [1.29, 1.82) is 0 Å². The summed E-state index contributed by atoms with van der Waals surface area (Å²) >= 11 is 0. The van der Waals surface area contributed by atoms with Crippen LogP contribution in [0.4, 0.5) is 21.5 Å². The standard InChI is InChI=1S/C25H26FN5O4/c1-5-35-25(34)14-6-8-16(9-7-14)31-23(32)19-21(28-10-11-30(3)4)17-12-15(26)13-18(27-2)20(17)29-22(19)24(31)33/h6-9,12-13,27H,5,10-11H2,1-4H3,(H,28,29). The van der Waals surface area contributed by atoms with E-state index in [0.29, 0.717) is 40.9 Å². The Kier molecular flexibility index (Phi) is 6.65. The minimum absolute atomic E-state index is 0.0209. The van der Waals surface area contributed by atoms with Crippen LogP contribution < -0.4 is 15.5 Å². The third kappa shape index (κ3) is 4.40. The lowest BCUT2D eigenvalue weighted by atomic mass is 10.0. The Morgan fingerprint density at radius 1 is 1.14 bits per heavy atom. The van der Waals surface area contributed by atoms with Crippen LogP contribution in [0.2, 0.25) is 0 Å². The van der Waals surface area contributed by atoms with Crippen LogP contribution in [0.1, 0.15) is 38.1 Å². The van der Waals surface area contributed by atoms with Crippen molar-refractivity contribution in [2.24, 2.45) is 0 Å². The number of anilines is 3. The highest BCUT2D eigenvalue weighted by Gasteiger charge is 2.41. The Bertz CT molecular complexity index is 1320. The zero-order valence-electron chi connectivity index (χ0n) is 19.9. The van der Waals surface area contributed by atoms with E-state index in [2.05, 4.69) is 15.6 Å². The van der Waals surface area contributed by atoms with Gasteiger partial charge in [-0.05, 0) is 57.4 Å². The van der Waals surface area contributed by atoms with Gasteiger partial charge in [0.25, 0.3) is 11.8 Å². The van der Waals surface area contributed by atoms with Gasteiger partial charge in [-0.1, -0.05) is 0 Å². The lowest BCUT2D eigenvalue weighted by Crippen LogP contribution is -2.29. The molecule has 9 nitrogen and oxygen atoms in total. The molecule has 10 heteroatoms. The van der Waals surface area contributed by atoms with Crippen molar-refractivity contribution >= 4 is 45.7 Å². The predicted molar refractivity (Wildman–Crippen MR) is 132 cm³/mol. The van der Waals surface area contributed by atoms with Crippen LogP contribution in [-0.2, 0) is 4.74 Å². The number of hydrogen-bond donors (Lipinski definition) is 2. The maximum atomic E-state index is 14.4. The van der Waals surface area contributed by atoms with Gasteiger partial charge in [0.05, 0.1) is 40.3 Å². The SMILES string of the molecule is CCOC(=O)c1ccc(N2C(=O)c3nc4c(NC)cc(F)cc4c(NCCN(C)C)c3C2=O)cc1. The van der Waals surface area contributed by atoms with E-state index in [-0.39, 0.29) is 23.6 Å². The first-order chi connectivity index (χ1) is 16.8. The maximum absolute atomic E-state index is 14.4. The van der Waals surface area contributed by atoms with Crippen molar-refractivity contribution in [3.63, 3.8) is 0 Å². The number of carbonyl (C=O) groups excluding carboxylic acids is 3. The fourth-order valence-electron chi connectivity index (χ4n) is 3.98. The van der Waals surface area contributed by atoms with E-state index in [9.17, 15) is 18.8 Å². The molecule has 0 saturated carbocycles. The number of likely N-dealkylation sites (N-methyl/N-ethyl adjacent to an activating group) is 1. The molecular formula is C25H26FN5O4. The lowest BCUT2D eigenvalue weighted by molar-refractivity contribution is 0.0526. The molecule has 1 aliphatic heterocycles. The van der Waals surface area contributed by atoms with Crippen LogP contribution in [0.25, 0.3) is 10.9 Å². The molecule has 0 unspecified atom stereocenters. The number of aromatic nitrogens is 1. The predicted octanol–water partition coefficient (Wildman–Crippen LogP) is 3.37. The average Bonchev–Trinajstić information content (AvgIpc) is 3.08. The van der Waals surface area contributed by atoms with Gasteiger partial charge in [0.15, 0.2) is 0 Å². The van der Waals surface area contributed by atoms with E-state index in [1.54, 1.807) is 14.0 Å². The van der Waals surface area contributed by atoms with E-state index in [1.165, 1.54) is 36.4 Å². The van der Waals surface area contributed by atoms with Crippen molar-refractivity contribution in [1.82, 2.24) is 9.88 Å². The topological polar surface area (TPSA) is 104 Å². The number of rotatable bonds is 8. The first-order valence-corrected chi connectivity index (χ1v) is 11.2. The molecule has 0 saturated heterocycles. The molecule has 35 heavy (non-hydrogen) atoms. The van der Waals surface area contributed by atoms with E-state index in [4.69, 9.17) is 4.74 Å². The summed E-state index contributed by atoms with van der Waals surface area (Å²) in [4.78, 5) is 46.4. The number of amides is 2. The second kappa shape index (κ2) is 9.67. The lowest BCUT2D eigenvalue weighted by Gasteiger charge is -2.17. The molecule has 0 radical (unpaired) electrons. The first kappa shape index (κ1) is 24.1. The summed E-state index contributed by atoms with van der Waals surface area (Å²) in [7, 11) is 5.45. The molecule has 0 spiro atoms. The average molecular weight is 480 g/mol. The Morgan fingerprint density at radius 3 is 2.49 bits per heavy atom. The van der Waals surface area contributed by atoms with Gasteiger partial charge in [-0.3, -0.25) is 9.59 Å². The van der Waals surface area contributed by atoms with Gasteiger partial charge in [-0.25, -0.2) is 19.1 Å². The van der Waals surface area contributed by atoms with Gasteiger partial charge in [0.1, 0.15) is 11.5 Å². The number of benzene rings is 2. The normalized spacial score (nSPS) is 12.9. The van der Waals surface area contributed by atoms with Crippen molar-refractivity contribution in [2.75, 3.05) is 56.4 Å². The Morgan fingerprint density at radius 2 is 1.86 bits per heavy atom. The van der Waals surface area contributed by atoms with Crippen molar-refractivity contribution < 1.29 is 23.5 Å². The molecular weight excluding hydrogens is 453 g/mol. The van der Waals surface area contributed by atoms with E-state index in [1.807, 2.05) is 19.0 Å². The molecule has 0 fully saturated rings. The van der Waals surface area contributed by atoms with Gasteiger partial charge in [0.2, 0.25) is 0 Å². The fraction of sp³-hybridized carbons (Fsp3) is 0.280. The number of nitrogens with zero attached hydrogens (tertiary/aromatic N) is 3. The zero-order valence-corrected chi connectivity index (χ0v) is 19.9. The molecule has 0 bridgehead atoms. The van der Waals surface area contributed by atoms with Crippen molar-refractivity contribution in [3.8, 4) is 0 Å². The fourth-order valence-corrected chi connectivity index (χ4v) is 3.98. The third-order valence-corrected chi connectivity index (χ3v) is 5.64. The monoisotopic (exact) mass is 479 g/mol. The number of ether oxygens (including phenoxy) is 1. The molecule has 3 aromatic rings. The summed E-state index contributed by atoms with van der Waals surface area (Å²) in [5.41, 5.74) is 1.78. The van der Waals surface area contributed by atoms with Gasteiger partial charge in [-0.15, -0.1) is 0 Å². The Hall–Kier alpha value is -4.05. The highest BCUT2D eigenvalue weighted by Crippen LogP contribution is 2.38. The molecule has 182 valence electrons. The first-order valence-electron chi connectivity index (χ1n) is 11.2. The number of fused-ring (bicyclic) bond motifs is 2. The minimum Gasteiger partial charge on any atom is -0.462 e. The Labute approximate surface area is 201 Å². The van der Waals surface area contributed by atoms with E-state index >= 15 is 0 Å². The van der Waals surface area contributed by atoms with Gasteiger partial charge < -0.3 is 20.3 Å². The molecule has 0 aliphatic carbocycles. The number of esters is 1. The molecule has 2 N–H and O–H groups in total. The van der Waals surface area contributed by atoms with Crippen LogP contribution in [0.15, 0.2) is 36.4 Å². The van der Waals surface area contributed by atoms with Crippen LogP contribution in [0, 0.1) is 5.82 Å². The molecule has 2 amide bonds. The third-order valence-electron chi connectivity index (χ3n) is 5.64. The number of hydrogen-bond acceptors (Lipinski definition) is 8. The Balaban J connectivity index is 1.83. The molecule has 2 heterocycles. The summed E-state index contributed by atoms with van der Waals surface area (Å²) in [6.07, 6.45) is 0. The number of halogens is 1. The number of imide groups is 1. The van der Waals surface area contributed by atoms with Crippen molar-refractivity contribution in [3.05, 3.63) is 59.0 Å². The summed E-state index contributed by atoms with van der Waals surface area (Å²) in [6.45, 7) is 3.04. The highest BCUT2D eigenvalue weighted by atomic mass is 19.1. The highest BCUT2D eigenvalue weighted by molar-refractivity contribution is 6.37. The smallest absolute Gasteiger partial charge is 0.338 e. The number of nitrogens with one attached hydrogen (secondary N) is 2. The summed E-state index contributed by atoms with van der Waals surface area (Å²) in [6, 6.07) is 8.59. The summed E-state index contributed by atoms with van der Waals surface area (Å²) in [5.74, 6) is -2.17. The summed E-state index contributed by atoms with van der Waals surface area (Å²) in [5, 5.41) is 6.53. The van der Waals surface area contributed by atoms with Gasteiger partial charge in [0, 0.05) is 25.5 Å². The number of carbonyl (C=O) groups is 3. The quantitative estimate of drug-likeness (QED) is 0.375. The molecule has 2 aromatic carbocycles. The largest absolute Gasteiger partial charge is 0.462 e. The minimum atomic E-state index is -0.599. The molecule has 4 rings (SSSR count). The van der Waals surface area contributed by atoms with Gasteiger partial charge in [-0.2, -0.15) is 0 Å². The van der Waals surface area contributed by atoms with Crippen LogP contribution in [-0.4, -0.2) is 68.5 Å². The van der Waals surface area contributed by atoms with Crippen LogP contribution in [0.3, 0.4) is 0 Å². The zero-order chi connectivity index (χ0) is 25.3. The van der Waals surface area contributed by atoms with E-state index in [0.717, 1.165) is 4.90 Å². The van der Waals surface area contributed by atoms with Crippen molar-refractivity contribution in [2.45, 2.75) is 6.92 Å². The van der Waals surface area contributed by atoms with Crippen LogP contribution >= 0.6 is 0 Å². The second-order valence-electron chi connectivity index (χ2n) is 8.25. The van der Waals surface area contributed by atoms with Crippen LogP contribution in [0.5, 0.6) is 0 Å². The van der Waals surface area contributed by atoms with E-state index < -0.39 is 23.6 Å².